The Hall–Kier alpha value is -3.62. The molecule has 0 unspecified atom stereocenters. The van der Waals surface area contributed by atoms with E-state index in [1.54, 1.807) is 38.3 Å². The molecule has 1 amide bonds. The summed E-state index contributed by atoms with van der Waals surface area (Å²) in [5.74, 6) is 2.32. The van der Waals surface area contributed by atoms with Gasteiger partial charge in [-0.1, -0.05) is 5.16 Å². The number of nitrogens with one attached hydrogen (secondary N) is 2. The van der Waals surface area contributed by atoms with E-state index in [-0.39, 0.29) is 5.69 Å². The van der Waals surface area contributed by atoms with Crippen LogP contribution in [0.15, 0.2) is 41.2 Å². The van der Waals surface area contributed by atoms with Crippen molar-refractivity contribution in [3.8, 4) is 11.5 Å². The summed E-state index contributed by atoms with van der Waals surface area (Å²) >= 11 is 0. The fraction of sp³-hybridized carbons (Fsp3) is 0.176. The van der Waals surface area contributed by atoms with Crippen LogP contribution in [0.2, 0.25) is 0 Å². The highest BCUT2D eigenvalue weighted by molar-refractivity contribution is 6.02. The molecule has 0 saturated carbocycles. The number of carbonyl (C=O) groups excluding carboxylic acids is 1. The average Bonchev–Trinajstić information content (AvgIpc) is 3.06. The number of carbonyl (C=O) groups is 1. The van der Waals surface area contributed by atoms with Gasteiger partial charge in [0.2, 0.25) is 0 Å². The Morgan fingerprint density at radius 2 is 1.85 bits per heavy atom. The Balaban J connectivity index is 1.68. The topological polar surface area (TPSA) is 111 Å². The van der Waals surface area contributed by atoms with Gasteiger partial charge in [0.1, 0.15) is 17.3 Å². The van der Waals surface area contributed by atoms with Crippen LogP contribution in [0.3, 0.4) is 0 Å². The zero-order chi connectivity index (χ0) is 18.5. The van der Waals surface area contributed by atoms with E-state index >= 15 is 0 Å². The largest absolute Gasteiger partial charge is 0.493 e. The van der Waals surface area contributed by atoms with Gasteiger partial charge in [0.25, 0.3) is 5.91 Å². The van der Waals surface area contributed by atoms with Crippen molar-refractivity contribution in [3.63, 3.8) is 0 Å². The maximum atomic E-state index is 12.3. The molecule has 0 aliphatic carbocycles. The highest BCUT2D eigenvalue weighted by atomic mass is 16.5. The normalized spacial score (nSPS) is 10.3. The van der Waals surface area contributed by atoms with Crippen molar-refractivity contribution >= 4 is 23.2 Å². The van der Waals surface area contributed by atoms with E-state index in [4.69, 9.17) is 14.0 Å². The molecule has 26 heavy (non-hydrogen) atoms. The standard InChI is InChI=1S/C17H17N5O4/c1-10-6-15(22-26-10)21-16-9-18-12(8-19-16)17(23)20-11-4-5-13(24-2)14(7-11)25-3/h4-9H,1-3H3,(H,20,23)(H,19,21,22). The minimum absolute atomic E-state index is 0.168. The second-order valence-electron chi connectivity index (χ2n) is 5.26. The third-order valence-corrected chi connectivity index (χ3v) is 3.41. The summed E-state index contributed by atoms with van der Waals surface area (Å²) in [7, 11) is 3.07. The molecule has 3 rings (SSSR count). The molecule has 134 valence electrons. The molecule has 0 bridgehead atoms. The van der Waals surface area contributed by atoms with Crippen molar-refractivity contribution in [1.29, 1.82) is 0 Å². The molecule has 0 aliphatic heterocycles. The van der Waals surface area contributed by atoms with Crippen LogP contribution < -0.4 is 20.1 Å². The number of amides is 1. The van der Waals surface area contributed by atoms with Crippen LogP contribution in [0.25, 0.3) is 0 Å². The minimum atomic E-state index is -0.395. The zero-order valence-corrected chi connectivity index (χ0v) is 14.4. The molecule has 0 aliphatic rings. The van der Waals surface area contributed by atoms with Crippen molar-refractivity contribution in [2.75, 3.05) is 24.9 Å². The maximum Gasteiger partial charge on any atom is 0.275 e. The van der Waals surface area contributed by atoms with Crippen LogP contribution in [0.4, 0.5) is 17.3 Å². The molecule has 0 saturated heterocycles. The molecule has 2 aromatic heterocycles. The lowest BCUT2D eigenvalue weighted by molar-refractivity contribution is 0.102. The van der Waals surface area contributed by atoms with Gasteiger partial charge in [0.15, 0.2) is 17.3 Å². The highest BCUT2D eigenvalue weighted by Gasteiger charge is 2.11. The van der Waals surface area contributed by atoms with E-state index in [1.807, 2.05) is 0 Å². The van der Waals surface area contributed by atoms with Crippen molar-refractivity contribution in [2.24, 2.45) is 0 Å². The molecule has 1 aromatic carbocycles. The molecule has 0 radical (unpaired) electrons. The number of hydrogen-bond acceptors (Lipinski definition) is 8. The van der Waals surface area contributed by atoms with E-state index in [0.717, 1.165) is 0 Å². The Morgan fingerprint density at radius 1 is 1.04 bits per heavy atom. The first-order valence-corrected chi connectivity index (χ1v) is 7.65. The number of aromatic nitrogens is 3. The smallest absolute Gasteiger partial charge is 0.275 e. The quantitative estimate of drug-likeness (QED) is 0.694. The number of methoxy groups -OCH3 is 2. The van der Waals surface area contributed by atoms with Crippen molar-refractivity contribution in [3.05, 3.63) is 48.1 Å². The van der Waals surface area contributed by atoms with Gasteiger partial charge in [-0.05, 0) is 19.1 Å². The first-order valence-electron chi connectivity index (χ1n) is 7.65. The van der Waals surface area contributed by atoms with Gasteiger partial charge in [0, 0.05) is 17.8 Å². The van der Waals surface area contributed by atoms with Crippen LogP contribution in [0.5, 0.6) is 11.5 Å². The van der Waals surface area contributed by atoms with Crippen LogP contribution in [-0.2, 0) is 0 Å². The average molecular weight is 355 g/mol. The summed E-state index contributed by atoms with van der Waals surface area (Å²) in [6, 6.07) is 6.79. The van der Waals surface area contributed by atoms with Crippen LogP contribution in [0, 0.1) is 6.92 Å². The van der Waals surface area contributed by atoms with E-state index in [1.165, 1.54) is 19.5 Å². The van der Waals surface area contributed by atoms with E-state index < -0.39 is 5.91 Å². The zero-order valence-electron chi connectivity index (χ0n) is 14.4. The van der Waals surface area contributed by atoms with E-state index in [2.05, 4.69) is 25.8 Å². The van der Waals surface area contributed by atoms with Gasteiger partial charge in [0.05, 0.1) is 26.6 Å². The maximum absolute atomic E-state index is 12.3. The lowest BCUT2D eigenvalue weighted by Crippen LogP contribution is -2.14. The van der Waals surface area contributed by atoms with Gasteiger partial charge < -0.3 is 24.6 Å². The number of rotatable bonds is 6. The number of ether oxygens (including phenoxy) is 2. The van der Waals surface area contributed by atoms with Crippen LogP contribution in [-0.4, -0.2) is 35.3 Å². The number of nitrogens with zero attached hydrogens (tertiary/aromatic N) is 3. The van der Waals surface area contributed by atoms with Gasteiger partial charge in [-0.3, -0.25) is 4.79 Å². The second kappa shape index (κ2) is 7.51. The fourth-order valence-electron chi connectivity index (χ4n) is 2.18. The SMILES string of the molecule is COc1ccc(NC(=O)c2cnc(Nc3cc(C)on3)cn2)cc1OC. The summed E-state index contributed by atoms with van der Waals surface area (Å²) in [6.45, 7) is 1.78. The molecule has 0 spiro atoms. The predicted molar refractivity (Wildman–Crippen MR) is 94.1 cm³/mol. The third kappa shape index (κ3) is 3.89. The first kappa shape index (κ1) is 17.2. The molecular formula is C17H17N5O4. The Kier molecular flexibility index (Phi) is 4.97. The highest BCUT2D eigenvalue weighted by Crippen LogP contribution is 2.29. The lowest BCUT2D eigenvalue weighted by Gasteiger charge is -2.10. The second-order valence-corrected chi connectivity index (χ2v) is 5.26. The number of anilines is 3. The van der Waals surface area contributed by atoms with Crippen LogP contribution in [0.1, 0.15) is 16.2 Å². The molecule has 0 fully saturated rings. The molecule has 3 aromatic rings. The van der Waals surface area contributed by atoms with Crippen molar-refractivity contribution < 1.29 is 18.8 Å². The number of aryl methyl sites for hydroxylation is 1. The first-order chi connectivity index (χ1) is 12.6. The predicted octanol–water partition coefficient (Wildman–Crippen LogP) is 2.79. The van der Waals surface area contributed by atoms with Crippen molar-refractivity contribution in [1.82, 2.24) is 15.1 Å². The Labute approximate surface area is 149 Å². The van der Waals surface area contributed by atoms with Gasteiger partial charge in [-0.2, -0.15) is 0 Å². The number of benzene rings is 1. The Morgan fingerprint density at radius 3 is 2.46 bits per heavy atom. The van der Waals surface area contributed by atoms with Crippen molar-refractivity contribution in [2.45, 2.75) is 6.92 Å². The molecular weight excluding hydrogens is 338 g/mol. The third-order valence-electron chi connectivity index (χ3n) is 3.41. The summed E-state index contributed by atoms with van der Waals surface area (Å²) in [5.41, 5.74) is 0.719. The molecule has 9 heteroatoms. The monoisotopic (exact) mass is 355 g/mol. The molecule has 9 nitrogen and oxygen atoms in total. The number of hydrogen-bond donors (Lipinski definition) is 2. The van der Waals surface area contributed by atoms with E-state index in [0.29, 0.717) is 34.6 Å². The summed E-state index contributed by atoms with van der Waals surface area (Å²) in [5, 5.41) is 9.46. The lowest BCUT2D eigenvalue weighted by atomic mass is 10.2. The summed E-state index contributed by atoms with van der Waals surface area (Å²) in [4.78, 5) is 20.6. The van der Waals surface area contributed by atoms with E-state index in [9.17, 15) is 4.79 Å². The van der Waals surface area contributed by atoms with Crippen LogP contribution >= 0.6 is 0 Å². The fourth-order valence-corrected chi connectivity index (χ4v) is 2.18. The van der Waals surface area contributed by atoms with Gasteiger partial charge >= 0.3 is 0 Å². The minimum Gasteiger partial charge on any atom is -0.493 e. The van der Waals surface area contributed by atoms with Gasteiger partial charge in [-0.15, -0.1) is 0 Å². The van der Waals surface area contributed by atoms with Gasteiger partial charge in [-0.25, -0.2) is 9.97 Å². The summed E-state index contributed by atoms with van der Waals surface area (Å²) in [6.07, 6.45) is 2.80. The summed E-state index contributed by atoms with van der Waals surface area (Å²) < 4.78 is 15.3. The molecule has 0 atom stereocenters. The molecule has 2 heterocycles. The Bertz CT molecular complexity index is 908. The molecule has 2 N–H and O–H groups in total.